The van der Waals surface area contributed by atoms with Crippen molar-refractivity contribution >= 4 is 21.5 Å². The topological polar surface area (TPSA) is 0 Å². The van der Waals surface area contributed by atoms with E-state index in [9.17, 15) is 0 Å². The lowest BCUT2D eigenvalue weighted by Crippen LogP contribution is -2.20. The van der Waals surface area contributed by atoms with Gasteiger partial charge in [0.05, 0.1) is 4.32 Å². The molecule has 0 aliphatic heterocycles. The zero-order valence-corrected chi connectivity index (χ0v) is 10.7. The van der Waals surface area contributed by atoms with Crippen molar-refractivity contribution in [2.24, 2.45) is 0 Å². The first-order valence-corrected chi connectivity index (χ1v) is 6.03. The van der Waals surface area contributed by atoms with Crippen LogP contribution < -0.4 is 0 Å². The molecule has 0 saturated heterocycles. The molecule has 1 unspecified atom stereocenters. The van der Waals surface area contributed by atoms with Crippen LogP contribution in [0.4, 0.5) is 0 Å². The van der Waals surface area contributed by atoms with E-state index in [4.69, 9.17) is 0 Å². The number of halogens is 1. The monoisotopic (exact) mass is 262 g/mol. The number of allylic oxidation sites excluding steroid dienone is 4. The van der Waals surface area contributed by atoms with Crippen LogP contribution in [0.15, 0.2) is 48.1 Å². The Balaban J connectivity index is 2.54. The quantitative estimate of drug-likeness (QED) is 0.651. The van der Waals surface area contributed by atoms with Gasteiger partial charge in [-0.25, -0.2) is 0 Å². The molecule has 0 saturated carbocycles. The van der Waals surface area contributed by atoms with Gasteiger partial charge in [-0.15, -0.1) is 0 Å². The van der Waals surface area contributed by atoms with Crippen molar-refractivity contribution in [1.82, 2.24) is 0 Å². The molecule has 0 heterocycles. The maximum absolute atomic E-state index is 3.83. The number of hydrogen-bond acceptors (Lipinski definition) is 0. The zero-order valence-electron chi connectivity index (χ0n) is 9.13. The first-order chi connectivity index (χ1) is 7.11. The molecule has 0 spiro atoms. The number of alkyl halides is 1. The smallest absolute Gasteiger partial charge is 0.0520 e. The summed E-state index contributed by atoms with van der Waals surface area (Å²) in [6.07, 6.45) is 5.50. The molecule has 0 nitrogen and oxygen atoms in total. The van der Waals surface area contributed by atoms with E-state index in [1.165, 1.54) is 16.7 Å². The van der Waals surface area contributed by atoms with E-state index in [0.717, 1.165) is 6.42 Å². The minimum Gasteiger partial charge on any atom is -0.0825 e. The van der Waals surface area contributed by atoms with Crippen LogP contribution in [0.25, 0.3) is 5.57 Å². The fourth-order valence-corrected chi connectivity index (χ4v) is 2.92. The molecular formula is C14H15Br. The molecule has 0 amide bonds. The van der Waals surface area contributed by atoms with Gasteiger partial charge in [0, 0.05) is 0 Å². The summed E-state index contributed by atoms with van der Waals surface area (Å²) < 4.78 is 0.0766. The molecule has 0 radical (unpaired) electrons. The molecule has 1 aromatic rings. The Morgan fingerprint density at radius 3 is 2.47 bits per heavy atom. The Bertz CT molecular complexity index is 410. The van der Waals surface area contributed by atoms with Gasteiger partial charge in [-0.05, 0) is 37.0 Å². The second-order valence-electron chi connectivity index (χ2n) is 4.23. The molecule has 0 aromatic heterocycles. The molecule has 0 bridgehead atoms. The van der Waals surface area contributed by atoms with Crippen molar-refractivity contribution in [2.75, 3.05) is 0 Å². The lowest BCUT2D eigenvalue weighted by molar-refractivity contribution is 0.828. The van der Waals surface area contributed by atoms with Gasteiger partial charge >= 0.3 is 0 Å². The standard InChI is InChI=1S/C14H15Br/c1-11-7-6-10-14(2,15)13(11)12-8-4-3-5-9-12/h3-9H,10H2,1-2H3. The van der Waals surface area contributed by atoms with E-state index in [1.807, 2.05) is 0 Å². The van der Waals surface area contributed by atoms with E-state index in [0.29, 0.717) is 0 Å². The fourth-order valence-electron chi connectivity index (χ4n) is 2.19. The van der Waals surface area contributed by atoms with E-state index >= 15 is 0 Å². The van der Waals surface area contributed by atoms with E-state index in [1.54, 1.807) is 0 Å². The van der Waals surface area contributed by atoms with Crippen molar-refractivity contribution in [3.8, 4) is 0 Å². The van der Waals surface area contributed by atoms with Crippen LogP contribution in [0.1, 0.15) is 25.8 Å². The highest BCUT2D eigenvalue weighted by atomic mass is 79.9. The Labute approximate surface area is 99.8 Å². The summed E-state index contributed by atoms with van der Waals surface area (Å²) in [5, 5.41) is 0. The third-order valence-electron chi connectivity index (χ3n) is 2.85. The first kappa shape index (κ1) is 10.7. The maximum atomic E-state index is 3.83. The Morgan fingerprint density at radius 1 is 1.20 bits per heavy atom. The highest BCUT2D eigenvalue weighted by Gasteiger charge is 2.28. The van der Waals surface area contributed by atoms with Crippen molar-refractivity contribution in [3.05, 3.63) is 53.6 Å². The average molecular weight is 263 g/mol. The van der Waals surface area contributed by atoms with E-state index in [-0.39, 0.29) is 4.32 Å². The van der Waals surface area contributed by atoms with Gasteiger partial charge in [-0.2, -0.15) is 0 Å². The van der Waals surface area contributed by atoms with Gasteiger partial charge in [-0.1, -0.05) is 58.4 Å². The van der Waals surface area contributed by atoms with Crippen LogP contribution in [0.5, 0.6) is 0 Å². The average Bonchev–Trinajstić information content (AvgIpc) is 2.17. The van der Waals surface area contributed by atoms with Crippen LogP contribution in [0.3, 0.4) is 0 Å². The van der Waals surface area contributed by atoms with Gasteiger partial charge in [0.15, 0.2) is 0 Å². The molecule has 1 aliphatic carbocycles. The lowest BCUT2D eigenvalue weighted by Gasteiger charge is -2.29. The molecule has 1 aromatic carbocycles. The van der Waals surface area contributed by atoms with Crippen molar-refractivity contribution in [1.29, 1.82) is 0 Å². The molecule has 78 valence electrons. The summed E-state index contributed by atoms with van der Waals surface area (Å²) in [6, 6.07) is 10.6. The molecule has 2 rings (SSSR count). The molecule has 0 fully saturated rings. The second kappa shape index (κ2) is 3.97. The summed E-state index contributed by atoms with van der Waals surface area (Å²) in [5.41, 5.74) is 4.08. The SMILES string of the molecule is CC1=C(c2ccccc2)C(C)(Br)CC=C1. The van der Waals surface area contributed by atoms with Gasteiger partial charge in [0.1, 0.15) is 0 Å². The fraction of sp³-hybridized carbons (Fsp3) is 0.286. The van der Waals surface area contributed by atoms with E-state index < -0.39 is 0 Å². The first-order valence-electron chi connectivity index (χ1n) is 5.23. The predicted octanol–water partition coefficient (Wildman–Crippen LogP) is 4.57. The largest absolute Gasteiger partial charge is 0.0825 e. The Hall–Kier alpha value is -0.820. The van der Waals surface area contributed by atoms with Crippen LogP contribution in [-0.2, 0) is 0 Å². The minimum atomic E-state index is 0.0766. The molecule has 1 heteroatoms. The summed E-state index contributed by atoms with van der Waals surface area (Å²) in [4.78, 5) is 0. The summed E-state index contributed by atoms with van der Waals surface area (Å²) in [7, 11) is 0. The zero-order chi connectivity index (χ0) is 10.9. The lowest BCUT2D eigenvalue weighted by atomic mass is 9.84. The maximum Gasteiger partial charge on any atom is 0.0520 e. The number of benzene rings is 1. The number of hydrogen-bond donors (Lipinski definition) is 0. The molecule has 1 aliphatic rings. The third-order valence-corrected chi connectivity index (χ3v) is 3.57. The molecule has 15 heavy (non-hydrogen) atoms. The van der Waals surface area contributed by atoms with Crippen molar-refractivity contribution in [2.45, 2.75) is 24.6 Å². The highest BCUT2D eigenvalue weighted by molar-refractivity contribution is 9.10. The van der Waals surface area contributed by atoms with Gasteiger partial charge in [0.25, 0.3) is 0 Å². The summed E-state index contributed by atoms with van der Waals surface area (Å²) in [6.45, 7) is 4.42. The second-order valence-corrected chi connectivity index (χ2v) is 5.98. The predicted molar refractivity (Wildman–Crippen MR) is 70.1 cm³/mol. The Kier molecular flexibility index (Phi) is 2.83. The molecule has 0 N–H and O–H groups in total. The highest BCUT2D eigenvalue weighted by Crippen LogP contribution is 2.42. The number of rotatable bonds is 1. The molecule has 1 atom stereocenters. The van der Waals surface area contributed by atoms with Crippen LogP contribution in [-0.4, -0.2) is 4.32 Å². The van der Waals surface area contributed by atoms with Crippen molar-refractivity contribution in [3.63, 3.8) is 0 Å². The van der Waals surface area contributed by atoms with Crippen LogP contribution >= 0.6 is 15.9 Å². The Morgan fingerprint density at radius 2 is 1.87 bits per heavy atom. The summed E-state index contributed by atoms with van der Waals surface area (Å²) in [5.74, 6) is 0. The van der Waals surface area contributed by atoms with Gasteiger partial charge in [0.2, 0.25) is 0 Å². The van der Waals surface area contributed by atoms with Gasteiger partial charge < -0.3 is 0 Å². The minimum absolute atomic E-state index is 0.0766. The molecular weight excluding hydrogens is 248 g/mol. The third kappa shape index (κ3) is 2.07. The van der Waals surface area contributed by atoms with E-state index in [2.05, 4.69) is 72.3 Å². The van der Waals surface area contributed by atoms with Crippen LogP contribution in [0.2, 0.25) is 0 Å². The van der Waals surface area contributed by atoms with Crippen LogP contribution in [0, 0.1) is 0 Å². The van der Waals surface area contributed by atoms with Gasteiger partial charge in [-0.3, -0.25) is 0 Å². The van der Waals surface area contributed by atoms with Crippen molar-refractivity contribution < 1.29 is 0 Å². The normalized spacial score (nSPS) is 25.8. The summed E-state index contributed by atoms with van der Waals surface area (Å²) >= 11 is 3.83.